The maximum absolute atomic E-state index is 13.0. The summed E-state index contributed by atoms with van der Waals surface area (Å²) in [6.45, 7) is 6.45. The van der Waals surface area contributed by atoms with Crippen LogP contribution >= 0.6 is 11.8 Å². The van der Waals surface area contributed by atoms with Gasteiger partial charge in [-0.15, -0.1) is 10.2 Å². The molecule has 1 aromatic heterocycles. The summed E-state index contributed by atoms with van der Waals surface area (Å²) in [4.78, 5) is 14.7. The summed E-state index contributed by atoms with van der Waals surface area (Å²) in [6, 6.07) is 16.0. The molecule has 33 heavy (non-hydrogen) atoms. The van der Waals surface area contributed by atoms with Gasteiger partial charge in [0.25, 0.3) is 0 Å². The third-order valence-electron chi connectivity index (χ3n) is 5.87. The highest BCUT2D eigenvalue weighted by atomic mass is 32.2. The van der Waals surface area contributed by atoms with E-state index in [0.29, 0.717) is 23.9 Å². The van der Waals surface area contributed by atoms with Gasteiger partial charge in [0.15, 0.2) is 20.8 Å². The topological polar surface area (TPSA) is 85.2 Å². The van der Waals surface area contributed by atoms with E-state index in [9.17, 15) is 13.2 Å². The molecule has 0 N–H and O–H groups in total. The number of sulfone groups is 1. The van der Waals surface area contributed by atoms with Crippen LogP contribution in [0, 0.1) is 13.8 Å². The monoisotopic (exact) mass is 484 g/mol. The van der Waals surface area contributed by atoms with Gasteiger partial charge in [-0.2, -0.15) is 0 Å². The van der Waals surface area contributed by atoms with Gasteiger partial charge in [0, 0.05) is 23.8 Å². The normalized spacial score (nSPS) is 17.2. The van der Waals surface area contributed by atoms with Gasteiger partial charge in [-0.1, -0.05) is 59.3 Å². The third kappa shape index (κ3) is 5.30. The van der Waals surface area contributed by atoms with E-state index in [-0.39, 0.29) is 29.2 Å². The Morgan fingerprint density at radius 3 is 2.27 bits per heavy atom. The smallest absolute Gasteiger partial charge is 0.233 e. The lowest BCUT2D eigenvalue weighted by Gasteiger charge is -2.26. The minimum atomic E-state index is -3.06. The number of carbonyl (C=O) groups is 1. The molecule has 1 fully saturated rings. The molecule has 1 amide bonds. The van der Waals surface area contributed by atoms with Crippen molar-refractivity contribution in [2.75, 3.05) is 23.8 Å². The van der Waals surface area contributed by atoms with E-state index in [4.69, 9.17) is 0 Å². The molecule has 4 rings (SSSR count). The number of hydrogen-bond donors (Lipinski definition) is 0. The van der Waals surface area contributed by atoms with Crippen LogP contribution in [0.15, 0.2) is 53.7 Å². The number of benzene rings is 2. The van der Waals surface area contributed by atoms with Crippen LogP contribution in [0.1, 0.15) is 24.5 Å². The zero-order valence-electron chi connectivity index (χ0n) is 19.1. The minimum Gasteiger partial charge on any atom is -0.338 e. The standard InChI is InChI=1S/C24H28N4O3S2/c1-4-27(21-13-14-33(30,31)16-21)22(29)15-32-24-26-25-23(19-9-5-17(2)6-10-19)28(24)20-11-7-18(3)8-12-20/h5-12,21H,4,13-16H2,1-3H3/t21-/m0/s1. The summed E-state index contributed by atoms with van der Waals surface area (Å²) in [5.74, 6) is 0.996. The predicted octanol–water partition coefficient (Wildman–Crippen LogP) is 3.68. The molecular weight excluding hydrogens is 456 g/mol. The van der Waals surface area contributed by atoms with Crippen molar-refractivity contribution in [2.24, 2.45) is 0 Å². The summed E-state index contributed by atoms with van der Waals surface area (Å²) in [5.41, 5.74) is 4.18. The molecule has 0 aliphatic carbocycles. The number of nitrogens with zero attached hydrogens (tertiary/aromatic N) is 4. The fraction of sp³-hybridized carbons (Fsp3) is 0.375. The van der Waals surface area contributed by atoms with Gasteiger partial charge in [-0.05, 0) is 39.3 Å². The zero-order valence-corrected chi connectivity index (χ0v) is 20.7. The van der Waals surface area contributed by atoms with Gasteiger partial charge in [0.05, 0.1) is 17.3 Å². The Labute approximate surface area is 199 Å². The van der Waals surface area contributed by atoms with E-state index in [1.807, 2.05) is 73.9 Å². The van der Waals surface area contributed by atoms with E-state index >= 15 is 0 Å². The van der Waals surface area contributed by atoms with Gasteiger partial charge < -0.3 is 4.90 Å². The van der Waals surface area contributed by atoms with Gasteiger partial charge >= 0.3 is 0 Å². The fourth-order valence-electron chi connectivity index (χ4n) is 4.05. The number of hydrogen-bond acceptors (Lipinski definition) is 6. The highest BCUT2D eigenvalue weighted by Gasteiger charge is 2.34. The summed E-state index contributed by atoms with van der Waals surface area (Å²) in [5, 5.41) is 9.47. The van der Waals surface area contributed by atoms with Crippen LogP contribution < -0.4 is 0 Å². The number of aromatic nitrogens is 3. The molecular formula is C24H28N4O3S2. The van der Waals surface area contributed by atoms with Crippen LogP contribution in [0.4, 0.5) is 0 Å². The number of amides is 1. The van der Waals surface area contributed by atoms with Crippen LogP contribution in [0.3, 0.4) is 0 Å². The highest BCUT2D eigenvalue weighted by Crippen LogP contribution is 2.29. The molecule has 0 spiro atoms. The lowest BCUT2D eigenvalue weighted by Crippen LogP contribution is -2.42. The molecule has 9 heteroatoms. The van der Waals surface area contributed by atoms with Crippen molar-refractivity contribution in [1.29, 1.82) is 0 Å². The van der Waals surface area contributed by atoms with Crippen molar-refractivity contribution in [3.63, 3.8) is 0 Å². The fourth-order valence-corrected chi connectivity index (χ4v) is 6.62. The van der Waals surface area contributed by atoms with Crippen LogP contribution in [0.2, 0.25) is 0 Å². The Morgan fingerprint density at radius 1 is 1.06 bits per heavy atom. The van der Waals surface area contributed by atoms with E-state index < -0.39 is 9.84 Å². The van der Waals surface area contributed by atoms with E-state index in [1.165, 1.54) is 11.8 Å². The summed E-state index contributed by atoms with van der Waals surface area (Å²) in [7, 11) is -3.06. The van der Waals surface area contributed by atoms with Crippen LogP contribution in [-0.4, -0.2) is 63.8 Å². The van der Waals surface area contributed by atoms with Gasteiger partial charge in [-0.25, -0.2) is 8.42 Å². The largest absolute Gasteiger partial charge is 0.338 e. The molecule has 1 aliphatic rings. The van der Waals surface area contributed by atoms with E-state index in [1.54, 1.807) is 4.90 Å². The molecule has 0 saturated carbocycles. The first-order valence-corrected chi connectivity index (χ1v) is 13.8. The Kier molecular flexibility index (Phi) is 6.90. The van der Waals surface area contributed by atoms with Gasteiger partial charge in [0.1, 0.15) is 0 Å². The SMILES string of the molecule is CCN(C(=O)CSc1nnc(-c2ccc(C)cc2)n1-c1ccc(C)cc1)[C@H]1CCS(=O)(=O)C1. The minimum absolute atomic E-state index is 0.0500. The van der Waals surface area contributed by atoms with Crippen molar-refractivity contribution in [3.05, 3.63) is 59.7 Å². The lowest BCUT2D eigenvalue weighted by molar-refractivity contribution is -0.129. The van der Waals surface area contributed by atoms with E-state index in [0.717, 1.165) is 22.4 Å². The molecule has 1 saturated heterocycles. The number of rotatable bonds is 7. The number of thioether (sulfide) groups is 1. The van der Waals surface area contributed by atoms with Crippen molar-refractivity contribution in [1.82, 2.24) is 19.7 Å². The Hall–Kier alpha value is -2.65. The maximum Gasteiger partial charge on any atom is 0.233 e. The molecule has 2 heterocycles. The first-order chi connectivity index (χ1) is 15.8. The predicted molar refractivity (Wildman–Crippen MR) is 131 cm³/mol. The van der Waals surface area contributed by atoms with Crippen LogP contribution in [-0.2, 0) is 14.6 Å². The summed E-state index contributed by atoms with van der Waals surface area (Å²) in [6.07, 6.45) is 0.504. The van der Waals surface area contributed by atoms with E-state index in [2.05, 4.69) is 10.2 Å². The first kappa shape index (κ1) is 23.5. The highest BCUT2D eigenvalue weighted by molar-refractivity contribution is 7.99. The van der Waals surface area contributed by atoms with Crippen molar-refractivity contribution < 1.29 is 13.2 Å². The summed E-state index contributed by atoms with van der Waals surface area (Å²) >= 11 is 1.32. The Balaban J connectivity index is 1.60. The third-order valence-corrected chi connectivity index (χ3v) is 8.53. The Morgan fingerprint density at radius 2 is 1.70 bits per heavy atom. The molecule has 2 aromatic carbocycles. The lowest BCUT2D eigenvalue weighted by atomic mass is 10.1. The molecule has 1 atom stereocenters. The van der Waals surface area contributed by atoms with Crippen LogP contribution in [0.5, 0.6) is 0 Å². The van der Waals surface area contributed by atoms with Crippen molar-refractivity contribution in [3.8, 4) is 17.1 Å². The molecule has 7 nitrogen and oxygen atoms in total. The molecule has 174 valence electrons. The first-order valence-electron chi connectivity index (χ1n) is 11.0. The second kappa shape index (κ2) is 9.69. The zero-order chi connectivity index (χ0) is 23.6. The molecule has 1 aliphatic heterocycles. The average Bonchev–Trinajstić information content (AvgIpc) is 3.37. The Bertz CT molecular complexity index is 1240. The average molecular weight is 485 g/mol. The number of aryl methyl sites for hydroxylation is 2. The summed E-state index contributed by atoms with van der Waals surface area (Å²) < 4.78 is 25.7. The van der Waals surface area contributed by atoms with Gasteiger partial charge in [0.2, 0.25) is 5.91 Å². The molecule has 0 bridgehead atoms. The molecule has 3 aromatic rings. The second-order valence-electron chi connectivity index (χ2n) is 8.37. The quantitative estimate of drug-likeness (QED) is 0.476. The van der Waals surface area contributed by atoms with Gasteiger partial charge in [-0.3, -0.25) is 9.36 Å². The van der Waals surface area contributed by atoms with Crippen molar-refractivity contribution in [2.45, 2.75) is 38.4 Å². The second-order valence-corrected chi connectivity index (χ2v) is 11.5. The molecule has 0 radical (unpaired) electrons. The van der Waals surface area contributed by atoms with Crippen LogP contribution in [0.25, 0.3) is 17.1 Å². The maximum atomic E-state index is 13.0. The molecule has 0 unspecified atom stereocenters. The number of carbonyl (C=O) groups excluding carboxylic acids is 1. The van der Waals surface area contributed by atoms with Crippen molar-refractivity contribution >= 4 is 27.5 Å².